The normalized spacial score (nSPS) is 31.0. The molecule has 0 spiro atoms. The Labute approximate surface area is 182 Å². The largest absolute Gasteiger partial charge is 0.481 e. The number of carboxylic acids is 1. The van der Waals surface area contributed by atoms with E-state index in [0.717, 1.165) is 25.9 Å². The summed E-state index contributed by atoms with van der Waals surface area (Å²) in [5.41, 5.74) is 1.52. The van der Waals surface area contributed by atoms with E-state index in [9.17, 15) is 15.0 Å². The molecule has 0 fully saturated rings. The summed E-state index contributed by atoms with van der Waals surface area (Å²) in [7, 11) is 0. The topological polar surface area (TPSA) is 87.0 Å². The minimum atomic E-state index is -1.04. The van der Waals surface area contributed by atoms with Crippen LogP contribution in [0.25, 0.3) is 0 Å². The highest BCUT2D eigenvalue weighted by atomic mass is 16.5. The molecule has 0 unspecified atom stereocenters. The SMILES string of the molecule is CCC(C)(C)CO[C@H]1C[C@@H](C)C=C2C=C[C@H](C)[C@H](CC[C@@H](O)C[C@@H](O)CC(=O)O)[C@H]21. The number of carboxylic acid groups (broad SMARTS) is 1. The number of ether oxygens (including phenoxy) is 1. The monoisotopic (exact) mass is 422 g/mol. The second-order valence-electron chi connectivity index (χ2n) is 10.4. The number of aliphatic carboxylic acids is 1. The molecule has 0 amide bonds. The Kier molecular flexibility index (Phi) is 9.13. The van der Waals surface area contributed by atoms with E-state index in [0.29, 0.717) is 30.1 Å². The molecule has 0 heterocycles. The minimum Gasteiger partial charge on any atom is -0.481 e. The lowest BCUT2D eigenvalue weighted by atomic mass is 9.65. The number of carbonyl (C=O) groups is 1. The Hall–Kier alpha value is -1.17. The van der Waals surface area contributed by atoms with E-state index in [-0.39, 0.29) is 24.4 Å². The third-order valence-corrected chi connectivity index (χ3v) is 7.03. The molecule has 172 valence electrons. The van der Waals surface area contributed by atoms with Crippen LogP contribution in [0, 0.1) is 29.1 Å². The predicted molar refractivity (Wildman–Crippen MR) is 119 cm³/mol. The number of allylic oxidation sites excluding steroid dienone is 3. The Balaban J connectivity index is 2.06. The minimum absolute atomic E-state index is 0.109. The molecule has 3 N–H and O–H groups in total. The summed E-state index contributed by atoms with van der Waals surface area (Å²) < 4.78 is 6.53. The van der Waals surface area contributed by atoms with Gasteiger partial charge in [0.15, 0.2) is 0 Å². The van der Waals surface area contributed by atoms with Crippen LogP contribution in [0.5, 0.6) is 0 Å². The van der Waals surface area contributed by atoms with Crippen molar-refractivity contribution in [1.82, 2.24) is 0 Å². The molecule has 0 aromatic carbocycles. The van der Waals surface area contributed by atoms with Crippen molar-refractivity contribution in [2.45, 2.75) is 91.5 Å². The van der Waals surface area contributed by atoms with Crippen molar-refractivity contribution in [1.29, 1.82) is 0 Å². The van der Waals surface area contributed by atoms with Gasteiger partial charge in [0.1, 0.15) is 0 Å². The Bertz CT molecular complexity index is 623. The summed E-state index contributed by atoms with van der Waals surface area (Å²) in [4.78, 5) is 10.7. The Morgan fingerprint density at radius 3 is 2.60 bits per heavy atom. The third kappa shape index (κ3) is 7.21. The van der Waals surface area contributed by atoms with Crippen molar-refractivity contribution < 1.29 is 24.9 Å². The van der Waals surface area contributed by atoms with Gasteiger partial charge in [0, 0.05) is 5.92 Å². The van der Waals surface area contributed by atoms with Crippen molar-refractivity contribution in [3.05, 3.63) is 23.8 Å². The third-order valence-electron chi connectivity index (χ3n) is 7.03. The van der Waals surface area contributed by atoms with Crippen molar-refractivity contribution in [2.75, 3.05) is 6.61 Å². The van der Waals surface area contributed by atoms with Gasteiger partial charge in [-0.15, -0.1) is 0 Å². The second-order valence-corrected chi connectivity index (χ2v) is 10.4. The second kappa shape index (κ2) is 10.9. The molecule has 7 atom stereocenters. The first-order valence-corrected chi connectivity index (χ1v) is 11.6. The molecule has 5 nitrogen and oxygen atoms in total. The number of fused-ring (bicyclic) bond motifs is 1. The maximum atomic E-state index is 10.7. The number of aliphatic hydroxyl groups excluding tert-OH is 2. The van der Waals surface area contributed by atoms with Crippen LogP contribution in [0.15, 0.2) is 23.8 Å². The van der Waals surface area contributed by atoms with Gasteiger partial charge in [-0.3, -0.25) is 4.79 Å². The van der Waals surface area contributed by atoms with Crippen LogP contribution >= 0.6 is 0 Å². The predicted octanol–water partition coefficient (Wildman–Crippen LogP) is 4.58. The standard InChI is InChI=1S/C25H42O5/c1-6-25(4,5)15-30-22-12-16(2)11-18-8-7-17(3)21(24(18)22)10-9-19(26)13-20(27)14-23(28)29/h7-8,11,16-17,19-22,24,26-27H,6,9-10,12-15H2,1-5H3,(H,28,29)/t16-,17-,19+,20+,21-,22-,24-/m0/s1. The van der Waals surface area contributed by atoms with Crippen molar-refractivity contribution in [2.24, 2.45) is 29.1 Å². The zero-order valence-electron chi connectivity index (χ0n) is 19.4. The average Bonchev–Trinajstić information content (AvgIpc) is 2.64. The van der Waals surface area contributed by atoms with Crippen molar-refractivity contribution >= 4 is 5.97 Å². The highest BCUT2D eigenvalue weighted by molar-refractivity contribution is 5.67. The van der Waals surface area contributed by atoms with Gasteiger partial charge < -0.3 is 20.1 Å². The highest BCUT2D eigenvalue weighted by Gasteiger charge is 2.40. The van der Waals surface area contributed by atoms with Crippen LogP contribution in [-0.4, -0.2) is 46.2 Å². The van der Waals surface area contributed by atoms with Crippen LogP contribution < -0.4 is 0 Å². The van der Waals surface area contributed by atoms with Gasteiger partial charge in [-0.2, -0.15) is 0 Å². The van der Waals surface area contributed by atoms with Gasteiger partial charge in [0.2, 0.25) is 0 Å². The first kappa shape index (κ1) is 25.1. The zero-order valence-corrected chi connectivity index (χ0v) is 19.4. The summed E-state index contributed by atoms with van der Waals surface area (Å²) in [6.45, 7) is 11.9. The molecule has 30 heavy (non-hydrogen) atoms. The quantitative estimate of drug-likeness (QED) is 0.454. The highest BCUT2D eigenvalue weighted by Crippen LogP contribution is 2.45. The van der Waals surface area contributed by atoms with Crippen molar-refractivity contribution in [3.63, 3.8) is 0 Å². The van der Waals surface area contributed by atoms with Gasteiger partial charge in [-0.1, -0.05) is 52.8 Å². The van der Waals surface area contributed by atoms with Gasteiger partial charge in [0.25, 0.3) is 0 Å². The van der Waals surface area contributed by atoms with E-state index in [1.165, 1.54) is 5.57 Å². The molecule has 0 radical (unpaired) electrons. The fourth-order valence-electron chi connectivity index (χ4n) is 4.81. The van der Waals surface area contributed by atoms with Gasteiger partial charge >= 0.3 is 5.97 Å². The molecule has 2 rings (SSSR count). The molecule has 0 bridgehead atoms. The molecule has 0 aromatic rings. The molecule has 2 aliphatic carbocycles. The molecule has 0 saturated heterocycles. The molecular weight excluding hydrogens is 380 g/mol. The lowest BCUT2D eigenvalue weighted by Gasteiger charge is -2.44. The summed E-state index contributed by atoms with van der Waals surface area (Å²) in [6, 6.07) is 0. The van der Waals surface area contributed by atoms with E-state index in [4.69, 9.17) is 9.84 Å². The van der Waals surface area contributed by atoms with Crippen molar-refractivity contribution in [3.8, 4) is 0 Å². The lowest BCUT2D eigenvalue weighted by molar-refractivity contribution is -0.139. The molecule has 0 aromatic heterocycles. The van der Waals surface area contributed by atoms with Crippen LogP contribution in [0.1, 0.15) is 73.1 Å². The number of hydrogen-bond acceptors (Lipinski definition) is 4. The summed E-state index contributed by atoms with van der Waals surface area (Å²) in [6.07, 6.45) is 8.67. The molecule has 2 aliphatic rings. The molecule has 5 heteroatoms. The number of rotatable bonds is 11. The Morgan fingerprint density at radius 1 is 1.27 bits per heavy atom. The van der Waals surface area contributed by atoms with E-state index >= 15 is 0 Å². The van der Waals surface area contributed by atoms with Gasteiger partial charge in [-0.05, 0) is 60.8 Å². The van der Waals surface area contributed by atoms with Crippen LogP contribution in [-0.2, 0) is 9.53 Å². The fraction of sp³-hybridized carbons (Fsp3) is 0.800. The summed E-state index contributed by atoms with van der Waals surface area (Å²) in [5.74, 6) is 0.532. The van der Waals surface area contributed by atoms with E-state index < -0.39 is 18.2 Å². The Morgan fingerprint density at radius 2 is 1.97 bits per heavy atom. The van der Waals surface area contributed by atoms with E-state index in [1.54, 1.807) is 0 Å². The molecular formula is C25H42O5. The lowest BCUT2D eigenvalue weighted by Crippen LogP contribution is -2.41. The van der Waals surface area contributed by atoms with Crippen LogP contribution in [0.4, 0.5) is 0 Å². The van der Waals surface area contributed by atoms with Crippen LogP contribution in [0.2, 0.25) is 0 Å². The zero-order chi connectivity index (χ0) is 22.5. The van der Waals surface area contributed by atoms with Crippen LogP contribution in [0.3, 0.4) is 0 Å². The fourth-order valence-corrected chi connectivity index (χ4v) is 4.81. The maximum absolute atomic E-state index is 10.7. The first-order valence-electron chi connectivity index (χ1n) is 11.6. The molecule has 0 aliphatic heterocycles. The summed E-state index contributed by atoms with van der Waals surface area (Å²) in [5, 5.41) is 29.0. The van der Waals surface area contributed by atoms with E-state index in [1.807, 2.05) is 0 Å². The van der Waals surface area contributed by atoms with Gasteiger partial charge in [-0.25, -0.2) is 0 Å². The summed E-state index contributed by atoms with van der Waals surface area (Å²) >= 11 is 0. The molecule has 0 saturated carbocycles. The van der Waals surface area contributed by atoms with Gasteiger partial charge in [0.05, 0.1) is 31.3 Å². The maximum Gasteiger partial charge on any atom is 0.305 e. The first-order chi connectivity index (χ1) is 14.0. The number of aliphatic hydroxyl groups is 2. The number of hydrogen-bond donors (Lipinski definition) is 3. The average molecular weight is 423 g/mol. The van der Waals surface area contributed by atoms with E-state index in [2.05, 4.69) is 52.8 Å². The smallest absolute Gasteiger partial charge is 0.305 e.